The zero-order chi connectivity index (χ0) is 18.2. The molecule has 0 fully saturated rings. The first kappa shape index (κ1) is 17.0. The third-order valence-electron chi connectivity index (χ3n) is 4.04. The average molecular weight is 358 g/mol. The molecule has 0 radical (unpaired) electrons. The summed E-state index contributed by atoms with van der Waals surface area (Å²) in [5, 5.41) is 12.4. The normalized spacial score (nSPS) is 16.7. The Balaban J connectivity index is 1.98. The Morgan fingerprint density at radius 3 is 2.68 bits per heavy atom. The second-order valence-electron chi connectivity index (χ2n) is 6.05. The summed E-state index contributed by atoms with van der Waals surface area (Å²) in [6.45, 7) is 4.10. The summed E-state index contributed by atoms with van der Waals surface area (Å²) < 4.78 is 25.7. The largest absolute Gasteiger partial charge is 0.478 e. The van der Waals surface area contributed by atoms with Gasteiger partial charge in [0.05, 0.1) is 23.5 Å². The molecule has 25 heavy (non-hydrogen) atoms. The fourth-order valence-corrected chi connectivity index (χ4v) is 3.54. The first-order chi connectivity index (χ1) is 11.7. The predicted molar refractivity (Wildman–Crippen MR) is 97.5 cm³/mol. The number of carbonyl (C=O) groups is 1. The lowest BCUT2D eigenvalue weighted by Gasteiger charge is -2.31. The van der Waals surface area contributed by atoms with Crippen LogP contribution in [0.15, 0.2) is 54.6 Å². The summed E-state index contributed by atoms with van der Waals surface area (Å²) in [5.74, 6) is -0.974. The van der Waals surface area contributed by atoms with Crippen molar-refractivity contribution in [3.05, 3.63) is 71.3 Å². The standard InChI is InChI=1S/C18H18N2O4S/c1-11-9-13-10-12(18(21)22)7-8-15(13)19-17(11)14-5-3-4-6-16(14)20-25(2,23)24/h3-8,10,17,19-20H,1,9H2,2H3,(H,21,22). The number of fused-ring (bicyclic) bond motifs is 1. The van der Waals surface area contributed by atoms with E-state index in [0.29, 0.717) is 12.1 Å². The van der Waals surface area contributed by atoms with Gasteiger partial charge in [0, 0.05) is 11.3 Å². The van der Waals surface area contributed by atoms with Gasteiger partial charge in [0.2, 0.25) is 10.0 Å². The van der Waals surface area contributed by atoms with Crippen molar-refractivity contribution in [1.82, 2.24) is 0 Å². The van der Waals surface area contributed by atoms with Crippen LogP contribution in [0.5, 0.6) is 0 Å². The quantitative estimate of drug-likeness (QED) is 0.730. The molecule has 7 heteroatoms. The van der Waals surface area contributed by atoms with E-state index in [1.54, 1.807) is 30.3 Å². The van der Waals surface area contributed by atoms with Crippen LogP contribution in [0, 0.1) is 0 Å². The van der Waals surface area contributed by atoms with Gasteiger partial charge in [-0.15, -0.1) is 0 Å². The second-order valence-corrected chi connectivity index (χ2v) is 7.80. The molecule has 0 saturated carbocycles. The fraction of sp³-hybridized carbons (Fsp3) is 0.167. The summed E-state index contributed by atoms with van der Waals surface area (Å²) in [5.41, 5.74) is 4.00. The van der Waals surface area contributed by atoms with Gasteiger partial charge in [-0.2, -0.15) is 0 Å². The van der Waals surface area contributed by atoms with E-state index in [-0.39, 0.29) is 11.6 Å². The number of carboxylic acids is 1. The number of sulfonamides is 1. The third-order valence-corrected chi connectivity index (χ3v) is 4.64. The first-order valence-corrected chi connectivity index (χ1v) is 9.51. The van der Waals surface area contributed by atoms with Gasteiger partial charge in [0.1, 0.15) is 0 Å². The molecule has 3 rings (SSSR count). The van der Waals surface area contributed by atoms with E-state index in [1.165, 1.54) is 0 Å². The van der Waals surface area contributed by atoms with Crippen molar-refractivity contribution < 1.29 is 18.3 Å². The zero-order valence-electron chi connectivity index (χ0n) is 13.6. The smallest absolute Gasteiger partial charge is 0.335 e. The van der Waals surface area contributed by atoms with E-state index in [1.807, 2.05) is 12.1 Å². The van der Waals surface area contributed by atoms with Gasteiger partial charge in [-0.05, 0) is 41.8 Å². The molecule has 0 saturated heterocycles. The monoisotopic (exact) mass is 358 g/mol. The summed E-state index contributed by atoms with van der Waals surface area (Å²) in [6.07, 6.45) is 1.62. The molecule has 1 unspecified atom stereocenters. The fourth-order valence-electron chi connectivity index (χ4n) is 2.96. The highest BCUT2D eigenvalue weighted by Crippen LogP contribution is 2.38. The minimum atomic E-state index is -3.40. The van der Waals surface area contributed by atoms with Crippen LogP contribution in [0.1, 0.15) is 27.5 Å². The van der Waals surface area contributed by atoms with E-state index < -0.39 is 16.0 Å². The number of benzene rings is 2. The van der Waals surface area contributed by atoms with Crippen LogP contribution < -0.4 is 10.0 Å². The van der Waals surface area contributed by atoms with E-state index in [0.717, 1.165) is 28.6 Å². The van der Waals surface area contributed by atoms with Crippen LogP contribution in [0.2, 0.25) is 0 Å². The molecule has 0 spiro atoms. The summed E-state index contributed by atoms with van der Waals surface area (Å²) >= 11 is 0. The molecular formula is C18H18N2O4S. The van der Waals surface area contributed by atoms with E-state index in [2.05, 4.69) is 16.6 Å². The van der Waals surface area contributed by atoms with Crippen molar-refractivity contribution in [2.75, 3.05) is 16.3 Å². The van der Waals surface area contributed by atoms with Crippen molar-refractivity contribution >= 4 is 27.4 Å². The van der Waals surface area contributed by atoms with Gasteiger partial charge in [-0.1, -0.05) is 24.8 Å². The van der Waals surface area contributed by atoms with E-state index in [9.17, 15) is 13.2 Å². The molecule has 0 bridgehead atoms. The van der Waals surface area contributed by atoms with Gasteiger partial charge in [-0.25, -0.2) is 13.2 Å². The Hall–Kier alpha value is -2.80. The molecule has 1 aliphatic heterocycles. The van der Waals surface area contributed by atoms with Gasteiger partial charge in [0.25, 0.3) is 0 Å². The van der Waals surface area contributed by atoms with Crippen LogP contribution in [-0.4, -0.2) is 25.7 Å². The maximum atomic E-state index is 11.6. The first-order valence-electron chi connectivity index (χ1n) is 7.62. The topological polar surface area (TPSA) is 95.5 Å². The Kier molecular flexibility index (Phi) is 4.26. The number of carboxylic acid groups (broad SMARTS) is 1. The second kappa shape index (κ2) is 6.25. The molecule has 2 aromatic carbocycles. The lowest BCUT2D eigenvalue weighted by molar-refractivity contribution is 0.0696. The Bertz CT molecular complexity index is 967. The number of anilines is 2. The van der Waals surface area contributed by atoms with E-state index >= 15 is 0 Å². The number of rotatable bonds is 4. The van der Waals surface area contributed by atoms with Crippen molar-refractivity contribution in [2.24, 2.45) is 0 Å². The van der Waals surface area contributed by atoms with Gasteiger partial charge < -0.3 is 10.4 Å². The Morgan fingerprint density at radius 1 is 1.28 bits per heavy atom. The minimum Gasteiger partial charge on any atom is -0.478 e. The molecular weight excluding hydrogens is 340 g/mol. The SMILES string of the molecule is C=C1Cc2cc(C(=O)O)ccc2NC1c1ccccc1NS(C)(=O)=O. The highest BCUT2D eigenvalue weighted by Gasteiger charge is 2.25. The zero-order valence-corrected chi connectivity index (χ0v) is 14.4. The van der Waals surface area contributed by atoms with Crippen molar-refractivity contribution in [3.8, 4) is 0 Å². The number of nitrogens with one attached hydrogen (secondary N) is 2. The molecule has 130 valence electrons. The summed E-state index contributed by atoms with van der Waals surface area (Å²) in [6, 6.07) is 11.8. The highest BCUT2D eigenvalue weighted by atomic mass is 32.2. The van der Waals surface area contributed by atoms with Crippen molar-refractivity contribution in [2.45, 2.75) is 12.5 Å². The Labute approximate surface area is 146 Å². The maximum absolute atomic E-state index is 11.6. The Morgan fingerprint density at radius 2 is 2.00 bits per heavy atom. The third kappa shape index (κ3) is 3.66. The van der Waals surface area contributed by atoms with E-state index in [4.69, 9.17) is 5.11 Å². The van der Waals surface area contributed by atoms with Crippen LogP contribution in [-0.2, 0) is 16.4 Å². The van der Waals surface area contributed by atoms with Gasteiger partial charge in [-0.3, -0.25) is 4.72 Å². The van der Waals surface area contributed by atoms with Crippen LogP contribution in [0.3, 0.4) is 0 Å². The highest BCUT2D eigenvalue weighted by molar-refractivity contribution is 7.92. The predicted octanol–water partition coefficient (Wildman–Crippen LogP) is 3.02. The summed E-state index contributed by atoms with van der Waals surface area (Å²) in [4.78, 5) is 11.1. The minimum absolute atomic E-state index is 0.228. The number of aromatic carboxylic acids is 1. The molecule has 0 aromatic heterocycles. The van der Waals surface area contributed by atoms with Gasteiger partial charge in [0.15, 0.2) is 0 Å². The average Bonchev–Trinajstić information content (AvgIpc) is 2.53. The number of para-hydroxylation sites is 1. The lowest BCUT2D eigenvalue weighted by Crippen LogP contribution is -2.22. The molecule has 3 N–H and O–H groups in total. The van der Waals surface area contributed by atoms with Gasteiger partial charge >= 0.3 is 5.97 Å². The molecule has 1 aliphatic rings. The molecule has 0 aliphatic carbocycles. The lowest BCUT2D eigenvalue weighted by atomic mass is 9.88. The van der Waals surface area contributed by atoms with Crippen LogP contribution in [0.25, 0.3) is 0 Å². The molecule has 1 heterocycles. The molecule has 0 amide bonds. The van der Waals surface area contributed by atoms with Crippen LogP contribution in [0.4, 0.5) is 11.4 Å². The summed E-state index contributed by atoms with van der Waals surface area (Å²) in [7, 11) is -3.40. The molecule has 2 aromatic rings. The van der Waals surface area contributed by atoms with Crippen molar-refractivity contribution in [3.63, 3.8) is 0 Å². The maximum Gasteiger partial charge on any atom is 0.335 e. The molecule has 6 nitrogen and oxygen atoms in total. The van der Waals surface area contributed by atoms with Crippen LogP contribution >= 0.6 is 0 Å². The number of hydrogen-bond donors (Lipinski definition) is 3. The number of hydrogen-bond acceptors (Lipinski definition) is 4. The van der Waals surface area contributed by atoms with Crippen molar-refractivity contribution in [1.29, 1.82) is 0 Å². The molecule has 1 atom stereocenters.